The number of carboxylic acid groups (broad SMARTS) is 4. The maximum atomic E-state index is 13.7. The number of aromatic nitrogens is 1. The van der Waals surface area contributed by atoms with Crippen LogP contribution in [0.15, 0.2) is 65.7 Å². The van der Waals surface area contributed by atoms with Crippen molar-refractivity contribution < 1.29 is 68.3 Å². The number of aliphatic carboxylic acids is 4. The molecule has 0 radical (unpaired) electrons. The van der Waals surface area contributed by atoms with Crippen molar-refractivity contribution in [3.8, 4) is 0 Å². The third kappa shape index (κ3) is 13.2. The normalized spacial score (nSPS) is 15.2. The standard InChI is InChI=1S/C41H43N7O14S2/c1-19(2)32(48-34(55)25(12-13-29(49)50)43-36(57)27(16-31(53)54)47-41(61)62-17-20-6-4-3-5-7-20)37(58)44-26(15-30(51)52)35(56)42-22-9-10-23-21(14-22)8-11-24-33(23)64-39(45-24)38-46-28(18-63-38)40(59)60/h3-11,14,19,25-28,32H,12-13,15-18H2,1-2H3,(H,42,56)(H,43,57)(H,44,58)(H,47,61)(H,48,55)(H,49,50)(H,51,52)(H,53,54)(H,59,60). The number of rotatable bonds is 21. The number of hydrogen-bond donors (Lipinski definition) is 9. The Bertz CT molecular complexity index is 2500. The summed E-state index contributed by atoms with van der Waals surface area (Å²) in [5, 5.41) is 52.0. The summed E-state index contributed by atoms with van der Waals surface area (Å²) in [7, 11) is 0. The van der Waals surface area contributed by atoms with Crippen molar-refractivity contribution in [2.24, 2.45) is 10.9 Å². The summed E-state index contributed by atoms with van der Waals surface area (Å²) in [6, 6.07) is 9.37. The van der Waals surface area contributed by atoms with E-state index in [1.807, 2.05) is 0 Å². The fourth-order valence-corrected chi connectivity index (χ4v) is 8.46. The number of thiazole rings is 1. The average molecular weight is 922 g/mol. The van der Waals surface area contributed by atoms with Gasteiger partial charge in [-0.2, -0.15) is 0 Å². The molecular formula is C41H43N7O14S2. The molecule has 5 amide bonds. The van der Waals surface area contributed by atoms with Crippen LogP contribution in [0.5, 0.6) is 0 Å². The third-order valence-corrected chi connectivity index (χ3v) is 11.8. The number of benzene rings is 3. The quantitative estimate of drug-likeness (QED) is 0.0580. The number of carboxylic acids is 4. The molecule has 64 heavy (non-hydrogen) atoms. The van der Waals surface area contributed by atoms with E-state index in [1.54, 1.807) is 60.7 Å². The molecule has 9 N–H and O–H groups in total. The molecule has 5 unspecified atom stereocenters. The molecule has 2 heterocycles. The summed E-state index contributed by atoms with van der Waals surface area (Å²) < 4.78 is 5.86. The molecule has 0 spiro atoms. The van der Waals surface area contributed by atoms with Gasteiger partial charge in [-0.3, -0.25) is 38.6 Å². The molecule has 0 aliphatic carbocycles. The lowest BCUT2D eigenvalue weighted by atomic mass is 10.0. The van der Waals surface area contributed by atoms with Crippen LogP contribution in [-0.2, 0) is 49.7 Å². The maximum Gasteiger partial charge on any atom is 0.408 e. The van der Waals surface area contributed by atoms with Gasteiger partial charge in [0.2, 0.25) is 23.6 Å². The van der Waals surface area contributed by atoms with E-state index in [1.165, 1.54) is 36.9 Å². The fraction of sp³-hybridized carbons (Fsp3) is 0.341. The highest BCUT2D eigenvalue weighted by atomic mass is 32.2. The predicted octanol–water partition coefficient (Wildman–Crippen LogP) is 2.55. The maximum absolute atomic E-state index is 13.7. The number of carbonyl (C=O) groups excluding carboxylic acids is 5. The largest absolute Gasteiger partial charge is 0.481 e. The van der Waals surface area contributed by atoms with E-state index in [0.717, 1.165) is 10.1 Å². The summed E-state index contributed by atoms with van der Waals surface area (Å²) in [5.74, 6) is -9.95. The van der Waals surface area contributed by atoms with Crippen LogP contribution in [-0.4, -0.2) is 120 Å². The molecule has 3 aromatic carbocycles. The van der Waals surface area contributed by atoms with E-state index in [9.17, 15) is 63.6 Å². The van der Waals surface area contributed by atoms with Crippen LogP contribution in [0.25, 0.3) is 21.0 Å². The van der Waals surface area contributed by atoms with E-state index in [0.29, 0.717) is 32.3 Å². The van der Waals surface area contributed by atoms with Crippen LogP contribution in [0.4, 0.5) is 10.5 Å². The topological polar surface area (TPSA) is 329 Å². The third-order valence-electron chi connectivity index (χ3n) is 9.50. The van der Waals surface area contributed by atoms with Crippen molar-refractivity contribution in [1.82, 2.24) is 26.3 Å². The highest BCUT2D eigenvalue weighted by Crippen LogP contribution is 2.35. The van der Waals surface area contributed by atoms with Gasteiger partial charge < -0.3 is 51.7 Å². The number of thioether (sulfide) groups is 1. The number of ether oxygens (including phenoxy) is 1. The first-order valence-corrected chi connectivity index (χ1v) is 21.3. The van der Waals surface area contributed by atoms with Crippen molar-refractivity contribution in [3.05, 3.63) is 71.2 Å². The molecule has 0 bridgehead atoms. The molecule has 0 saturated heterocycles. The minimum atomic E-state index is -1.78. The second kappa shape index (κ2) is 21.8. The van der Waals surface area contributed by atoms with Crippen LogP contribution >= 0.6 is 23.1 Å². The Morgan fingerprint density at radius 2 is 1.41 bits per heavy atom. The highest BCUT2D eigenvalue weighted by Gasteiger charge is 2.34. The number of anilines is 1. The summed E-state index contributed by atoms with van der Waals surface area (Å²) >= 11 is 2.63. The van der Waals surface area contributed by atoms with Gasteiger partial charge >= 0.3 is 30.0 Å². The molecule has 5 atom stereocenters. The zero-order chi connectivity index (χ0) is 46.7. The molecule has 5 rings (SSSR count). The van der Waals surface area contributed by atoms with Gasteiger partial charge in [0.15, 0.2) is 6.04 Å². The average Bonchev–Trinajstić information content (AvgIpc) is 3.91. The van der Waals surface area contributed by atoms with E-state index in [-0.39, 0.29) is 12.3 Å². The lowest BCUT2D eigenvalue weighted by Crippen LogP contribution is -2.59. The molecule has 338 valence electrons. The van der Waals surface area contributed by atoms with Crippen LogP contribution in [0, 0.1) is 5.92 Å². The number of nitrogens with zero attached hydrogens (tertiary/aromatic N) is 2. The Kier molecular flexibility index (Phi) is 16.3. The fourth-order valence-electron chi connectivity index (χ4n) is 6.26. The Morgan fingerprint density at radius 1 is 0.750 bits per heavy atom. The summed E-state index contributed by atoms with van der Waals surface area (Å²) in [4.78, 5) is 122. The van der Waals surface area contributed by atoms with Crippen LogP contribution in [0.1, 0.15) is 50.1 Å². The monoisotopic (exact) mass is 921 g/mol. The Hall–Kier alpha value is -7.14. The van der Waals surface area contributed by atoms with Gasteiger partial charge in [-0.05, 0) is 41.5 Å². The van der Waals surface area contributed by atoms with E-state index < -0.39 is 115 Å². The molecule has 21 nitrogen and oxygen atoms in total. The lowest BCUT2D eigenvalue weighted by molar-refractivity contribution is -0.141. The molecule has 1 aliphatic rings. The number of carbonyl (C=O) groups is 9. The van der Waals surface area contributed by atoms with Gasteiger partial charge in [-0.15, -0.1) is 23.1 Å². The zero-order valence-electron chi connectivity index (χ0n) is 34.1. The highest BCUT2D eigenvalue weighted by molar-refractivity contribution is 8.15. The molecule has 4 aromatic rings. The number of fused-ring (bicyclic) bond motifs is 3. The number of nitrogens with one attached hydrogen (secondary N) is 5. The Balaban J connectivity index is 1.27. The molecular weight excluding hydrogens is 879 g/mol. The van der Waals surface area contributed by atoms with Crippen LogP contribution in [0.3, 0.4) is 0 Å². The van der Waals surface area contributed by atoms with Gasteiger partial charge in [-0.1, -0.05) is 56.3 Å². The summed E-state index contributed by atoms with van der Waals surface area (Å²) in [5.41, 5.74) is 1.49. The van der Waals surface area contributed by atoms with Crippen LogP contribution in [0.2, 0.25) is 0 Å². The molecule has 1 aliphatic heterocycles. The first-order valence-electron chi connectivity index (χ1n) is 19.5. The SMILES string of the molecule is CC(C)C(NC(=O)C(CCC(=O)O)NC(=O)C(CC(=O)O)NC(=O)OCc1ccccc1)C(=O)NC(CC(=O)O)C(=O)Nc1ccc2c(ccc3nc(C4=NC(C(=O)O)CS4)sc32)c1. The second-order valence-corrected chi connectivity index (χ2v) is 16.7. The number of alkyl carbamates (subject to hydrolysis) is 1. The Labute approximate surface area is 371 Å². The van der Waals surface area contributed by atoms with Gasteiger partial charge in [-0.25, -0.2) is 14.6 Å². The molecule has 23 heteroatoms. The van der Waals surface area contributed by atoms with Crippen molar-refractivity contribution in [2.45, 2.75) is 76.3 Å². The van der Waals surface area contributed by atoms with Gasteiger partial charge in [0.25, 0.3) is 0 Å². The summed E-state index contributed by atoms with van der Waals surface area (Å²) in [6.45, 7) is 2.81. The van der Waals surface area contributed by atoms with E-state index >= 15 is 0 Å². The van der Waals surface area contributed by atoms with E-state index in [4.69, 9.17) is 4.74 Å². The van der Waals surface area contributed by atoms with Crippen LogP contribution < -0.4 is 26.6 Å². The summed E-state index contributed by atoms with van der Waals surface area (Å²) in [6.07, 6.45) is -4.18. The van der Waals surface area contributed by atoms with Gasteiger partial charge in [0, 0.05) is 23.2 Å². The molecule has 0 saturated carbocycles. The van der Waals surface area contributed by atoms with Crippen molar-refractivity contribution in [1.29, 1.82) is 0 Å². The number of aliphatic imine (C=N–C) groups is 1. The molecule has 1 aromatic heterocycles. The lowest BCUT2D eigenvalue weighted by Gasteiger charge is -2.27. The zero-order valence-corrected chi connectivity index (χ0v) is 35.7. The second-order valence-electron chi connectivity index (χ2n) is 14.7. The number of hydrogen-bond acceptors (Lipinski definition) is 14. The number of amides is 5. The van der Waals surface area contributed by atoms with Gasteiger partial charge in [0.05, 0.1) is 23.1 Å². The van der Waals surface area contributed by atoms with Gasteiger partial charge in [0.1, 0.15) is 40.8 Å². The molecule has 0 fully saturated rings. The minimum absolute atomic E-state index is 0.218. The van der Waals surface area contributed by atoms with Crippen molar-refractivity contribution >= 4 is 108 Å². The first kappa shape index (κ1) is 47.9. The minimum Gasteiger partial charge on any atom is -0.481 e. The smallest absolute Gasteiger partial charge is 0.408 e. The van der Waals surface area contributed by atoms with Crippen molar-refractivity contribution in [3.63, 3.8) is 0 Å². The van der Waals surface area contributed by atoms with E-state index in [2.05, 4.69) is 36.6 Å². The Morgan fingerprint density at radius 3 is 2.03 bits per heavy atom. The first-order chi connectivity index (χ1) is 30.4. The predicted molar refractivity (Wildman–Crippen MR) is 232 cm³/mol. The van der Waals surface area contributed by atoms with Crippen molar-refractivity contribution in [2.75, 3.05) is 11.1 Å².